The van der Waals surface area contributed by atoms with E-state index in [9.17, 15) is 9.59 Å². The maximum absolute atomic E-state index is 11.4. The average Bonchev–Trinajstić information content (AvgIpc) is 2.16. The van der Waals surface area contributed by atoms with E-state index in [-0.39, 0.29) is 23.8 Å². The highest BCUT2D eigenvalue weighted by atomic mass is 16.5. The van der Waals surface area contributed by atoms with Gasteiger partial charge in [0, 0.05) is 12.3 Å². The van der Waals surface area contributed by atoms with Crippen LogP contribution in [-0.2, 0) is 4.74 Å². The van der Waals surface area contributed by atoms with Gasteiger partial charge < -0.3 is 14.8 Å². The van der Waals surface area contributed by atoms with Gasteiger partial charge in [-0.05, 0) is 13.8 Å². The summed E-state index contributed by atoms with van der Waals surface area (Å²) in [4.78, 5) is 28.8. The molecule has 1 heterocycles. The Balaban J connectivity index is 3.05. The molecule has 0 spiro atoms. The Bertz CT molecular complexity index is 472. The first-order valence-electron chi connectivity index (χ1n) is 4.68. The number of aromatic amines is 1. The number of ether oxygens (including phenoxy) is 1. The zero-order valence-electron chi connectivity index (χ0n) is 8.98. The molecule has 0 atom stereocenters. The number of esters is 1. The predicted octanol–water partition coefficient (Wildman–Crippen LogP) is 0.865. The van der Waals surface area contributed by atoms with Crippen molar-refractivity contribution in [3.8, 4) is 0 Å². The van der Waals surface area contributed by atoms with Crippen LogP contribution in [0.25, 0.3) is 6.08 Å². The summed E-state index contributed by atoms with van der Waals surface area (Å²) in [6.07, 6.45) is 2.39. The van der Waals surface area contributed by atoms with Crippen LogP contribution in [0.15, 0.2) is 16.8 Å². The Hall–Kier alpha value is -2.11. The van der Waals surface area contributed by atoms with Crippen LogP contribution in [0.4, 0.5) is 0 Å². The summed E-state index contributed by atoms with van der Waals surface area (Å²) in [5.41, 5.74) is -0.754. The number of hydrogen-bond acceptors (Lipinski definition) is 5. The van der Waals surface area contributed by atoms with Crippen molar-refractivity contribution in [2.24, 2.45) is 0 Å². The SMILES string of the molecule is CCOC(=O)c1cnc(C=C(C)O)[nH]c1=O. The molecule has 0 radical (unpaired) electrons. The van der Waals surface area contributed by atoms with Gasteiger partial charge >= 0.3 is 5.97 Å². The lowest BCUT2D eigenvalue weighted by Crippen LogP contribution is -2.21. The molecule has 0 amide bonds. The number of carbonyl (C=O) groups excluding carboxylic acids is 1. The van der Waals surface area contributed by atoms with Crippen LogP contribution in [0.2, 0.25) is 0 Å². The van der Waals surface area contributed by atoms with Gasteiger partial charge in [-0.2, -0.15) is 0 Å². The van der Waals surface area contributed by atoms with E-state index in [1.165, 1.54) is 13.0 Å². The molecule has 16 heavy (non-hydrogen) atoms. The minimum absolute atomic E-state index is 0.00651. The minimum Gasteiger partial charge on any atom is -0.512 e. The quantitative estimate of drug-likeness (QED) is 0.587. The summed E-state index contributed by atoms with van der Waals surface area (Å²) in [6, 6.07) is 0. The number of rotatable bonds is 3. The highest BCUT2D eigenvalue weighted by Crippen LogP contribution is 1.98. The standard InChI is InChI=1S/C10H12N2O4/c1-3-16-10(15)7-5-11-8(4-6(2)13)12-9(7)14/h4-5,13H,3H2,1-2H3,(H,11,12,14). The third-order valence-electron chi connectivity index (χ3n) is 1.66. The van der Waals surface area contributed by atoms with Crippen molar-refractivity contribution in [3.05, 3.63) is 33.7 Å². The van der Waals surface area contributed by atoms with Crippen LogP contribution >= 0.6 is 0 Å². The van der Waals surface area contributed by atoms with E-state index in [4.69, 9.17) is 5.11 Å². The number of nitrogens with one attached hydrogen (secondary N) is 1. The van der Waals surface area contributed by atoms with Gasteiger partial charge in [0.15, 0.2) is 0 Å². The van der Waals surface area contributed by atoms with Gasteiger partial charge in [-0.15, -0.1) is 0 Å². The molecule has 0 unspecified atom stereocenters. The first-order valence-corrected chi connectivity index (χ1v) is 4.68. The highest BCUT2D eigenvalue weighted by Gasteiger charge is 2.11. The molecule has 0 saturated carbocycles. The Morgan fingerprint density at radius 2 is 2.38 bits per heavy atom. The Morgan fingerprint density at radius 3 is 2.88 bits per heavy atom. The molecule has 6 heteroatoms. The third-order valence-corrected chi connectivity index (χ3v) is 1.66. The first kappa shape index (κ1) is 12.0. The van der Waals surface area contributed by atoms with Crippen molar-refractivity contribution in [2.75, 3.05) is 6.61 Å². The third kappa shape index (κ3) is 2.94. The van der Waals surface area contributed by atoms with Gasteiger partial charge in [-0.3, -0.25) is 4.79 Å². The number of H-pyrrole nitrogens is 1. The summed E-state index contributed by atoms with van der Waals surface area (Å²) >= 11 is 0. The van der Waals surface area contributed by atoms with E-state index < -0.39 is 11.5 Å². The second-order valence-corrected chi connectivity index (χ2v) is 3.02. The van der Waals surface area contributed by atoms with Crippen LogP contribution in [0.3, 0.4) is 0 Å². The van der Waals surface area contributed by atoms with E-state index in [0.717, 1.165) is 6.20 Å². The Labute approximate surface area is 91.6 Å². The Kier molecular flexibility index (Phi) is 3.82. The lowest BCUT2D eigenvalue weighted by Gasteiger charge is -2.00. The molecular formula is C10H12N2O4. The predicted molar refractivity (Wildman–Crippen MR) is 57.1 cm³/mol. The summed E-state index contributed by atoms with van der Waals surface area (Å²) in [5, 5.41) is 8.97. The van der Waals surface area contributed by atoms with Gasteiger partial charge in [0.2, 0.25) is 0 Å². The van der Waals surface area contributed by atoms with E-state index in [2.05, 4.69) is 14.7 Å². The maximum atomic E-state index is 11.4. The molecule has 0 fully saturated rings. The van der Waals surface area contributed by atoms with E-state index in [1.807, 2.05) is 0 Å². The normalized spacial score (nSPS) is 11.2. The van der Waals surface area contributed by atoms with Crippen LogP contribution in [0.1, 0.15) is 30.0 Å². The molecule has 1 aromatic heterocycles. The molecule has 0 aromatic carbocycles. The topological polar surface area (TPSA) is 92.3 Å². The van der Waals surface area contributed by atoms with E-state index >= 15 is 0 Å². The number of nitrogens with zero attached hydrogens (tertiary/aromatic N) is 1. The molecule has 2 N–H and O–H groups in total. The Morgan fingerprint density at radius 1 is 1.69 bits per heavy atom. The van der Waals surface area contributed by atoms with Gasteiger partial charge in [0.25, 0.3) is 5.56 Å². The second kappa shape index (κ2) is 5.11. The molecule has 0 saturated heterocycles. The summed E-state index contributed by atoms with van der Waals surface area (Å²) in [7, 11) is 0. The number of hydrogen-bond donors (Lipinski definition) is 2. The summed E-state index contributed by atoms with van der Waals surface area (Å²) in [5.74, 6) is -0.530. The second-order valence-electron chi connectivity index (χ2n) is 3.02. The molecule has 0 aliphatic heterocycles. The van der Waals surface area contributed by atoms with E-state index in [1.54, 1.807) is 6.92 Å². The summed E-state index contributed by atoms with van der Waals surface area (Å²) in [6.45, 7) is 3.28. The van der Waals surface area contributed by atoms with E-state index in [0.29, 0.717) is 0 Å². The number of carbonyl (C=O) groups is 1. The monoisotopic (exact) mass is 224 g/mol. The number of allylic oxidation sites excluding steroid dienone is 1. The molecule has 1 aromatic rings. The molecule has 0 aliphatic carbocycles. The van der Waals surface area contributed by atoms with Gasteiger partial charge in [0.1, 0.15) is 11.4 Å². The molecule has 1 rings (SSSR count). The van der Waals surface area contributed by atoms with Crippen LogP contribution < -0.4 is 5.56 Å². The number of aliphatic hydroxyl groups is 1. The molecule has 86 valence electrons. The zero-order valence-corrected chi connectivity index (χ0v) is 8.98. The van der Waals surface area contributed by atoms with Crippen LogP contribution in [-0.4, -0.2) is 27.7 Å². The van der Waals surface area contributed by atoms with Gasteiger partial charge in [0.05, 0.1) is 12.4 Å². The molecule has 0 aliphatic rings. The van der Waals surface area contributed by atoms with Crippen molar-refractivity contribution < 1.29 is 14.6 Å². The zero-order chi connectivity index (χ0) is 12.1. The lowest BCUT2D eigenvalue weighted by molar-refractivity contribution is 0.0523. The fourth-order valence-corrected chi connectivity index (χ4v) is 1.03. The van der Waals surface area contributed by atoms with Crippen molar-refractivity contribution in [3.63, 3.8) is 0 Å². The lowest BCUT2D eigenvalue weighted by atomic mass is 10.3. The van der Waals surface area contributed by atoms with Crippen molar-refractivity contribution >= 4 is 12.0 Å². The minimum atomic E-state index is -0.715. The summed E-state index contributed by atoms with van der Waals surface area (Å²) < 4.78 is 4.67. The smallest absolute Gasteiger partial charge is 0.345 e. The fourth-order valence-electron chi connectivity index (χ4n) is 1.03. The molecule has 6 nitrogen and oxygen atoms in total. The first-order chi connectivity index (χ1) is 7.54. The van der Waals surface area contributed by atoms with Crippen molar-refractivity contribution in [1.82, 2.24) is 9.97 Å². The number of aromatic nitrogens is 2. The number of aliphatic hydroxyl groups excluding tert-OH is 1. The maximum Gasteiger partial charge on any atom is 0.345 e. The average molecular weight is 224 g/mol. The van der Waals surface area contributed by atoms with Crippen LogP contribution in [0.5, 0.6) is 0 Å². The van der Waals surface area contributed by atoms with Gasteiger partial charge in [-0.1, -0.05) is 0 Å². The van der Waals surface area contributed by atoms with Crippen LogP contribution in [0, 0.1) is 0 Å². The largest absolute Gasteiger partial charge is 0.512 e. The van der Waals surface area contributed by atoms with Crippen molar-refractivity contribution in [1.29, 1.82) is 0 Å². The fraction of sp³-hybridized carbons (Fsp3) is 0.300. The van der Waals surface area contributed by atoms with Crippen molar-refractivity contribution in [2.45, 2.75) is 13.8 Å². The van der Waals surface area contributed by atoms with Gasteiger partial charge in [-0.25, -0.2) is 9.78 Å². The molecular weight excluding hydrogens is 212 g/mol. The molecule has 0 bridgehead atoms. The highest BCUT2D eigenvalue weighted by molar-refractivity contribution is 5.88.